The normalized spacial score (nSPS) is 17.7. The van der Waals surface area contributed by atoms with Gasteiger partial charge in [-0.15, -0.1) is 21.5 Å². The second kappa shape index (κ2) is 8.89. The summed E-state index contributed by atoms with van der Waals surface area (Å²) >= 11 is 2.56. The third-order valence-electron chi connectivity index (χ3n) is 4.49. The Labute approximate surface area is 181 Å². The molecule has 1 aliphatic heterocycles. The standard InChI is InChI=1S/C22H18FN3O2S2/c1-2-18-25-26-22(30-18)19-20(27)17(29-21(19)24)11-13-6-8-16(9-7-13)28-12-14-4-3-5-15(23)10-14/h3-11,19,24H,2,12H2,1H3/b17-11-,24-21?/t19-/m0/s1. The van der Waals surface area contributed by atoms with Crippen molar-refractivity contribution in [3.05, 3.63) is 80.4 Å². The summed E-state index contributed by atoms with van der Waals surface area (Å²) in [6.45, 7) is 2.25. The zero-order chi connectivity index (χ0) is 21.1. The first-order valence-corrected chi connectivity index (χ1v) is 11.0. The van der Waals surface area contributed by atoms with E-state index in [1.54, 1.807) is 30.3 Å². The number of halogens is 1. The largest absolute Gasteiger partial charge is 0.489 e. The first-order valence-electron chi connectivity index (χ1n) is 9.35. The number of nitrogens with one attached hydrogen (secondary N) is 1. The SMILES string of the molecule is CCc1nnc([C@@H]2C(=N)S/C(=C\c3ccc(OCc4cccc(F)c4)cc3)C2=O)s1. The number of ketones is 1. The van der Waals surface area contributed by atoms with Gasteiger partial charge in [-0.25, -0.2) is 4.39 Å². The van der Waals surface area contributed by atoms with E-state index in [9.17, 15) is 9.18 Å². The molecule has 0 amide bonds. The number of ether oxygens (including phenoxy) is 1. The minimum absolute atomic E-state index is 0.116. The van der Waals surface area contributed by atoms with E-state index < -0.39 is 5.92 Å². The quantitative estimate of drug-likeness (QED) is 0.532. The van der Waals surface area contributed by atoms with Crippen molar-refractivity contribution in [3.8, 4) is 5.75 Å². The minimum atomic E-state index is -0.645. The third kappa shape index (κ3) is 4.49. The number of allylic oxidation sites excluding steroid dienone is 1. The maximum Gasteiger partial charge on any atom is 0.186 e. The second-order valence-electron chi connectivity index (χ2n) is 6.65. The summed E-state index contributed by atoms with van der Waals surface area (Å²) < 4.78 is 18.9. The van der Waals surface area contributed by atoms with Gasteiger partial charge in [0.05, 0.1) is 9.95 Å². The molecule has 0 radical (unpaired) electrons. The third-order valence-corrected chi connectivity index (χ3v) is 6.62. The van der Waals surface area contributed by atoms with Crippen LogP contribution in [0.5, 0.6) is 5.75 Å². The highest BCUT2D eigenvalue weighted by molar-refractivity contribution is 8.19. The lowest BCUT2D eigenvalue weighted by Crippen LogP contribution is -2.11. The average molecular weight is 440 g/mol. The van der Waals surface area contributed by atoms with Crippen molar-refractivity contribution >= 4 is 40.0 Å². The Hall–Kier alpha value is -2.84. The molecule has 0 spiro atoms. The lowest BCUT2D eigenvalue weighted by Gasteiger charge is -2.07. The molecular weight excluding hydrogens is 421 g/mol. The molecule has 1 saturated heterocycles. The Balaban J connectivity index is 1.44. The Bertz CT molecular complexity index is 1130. The number of thioether (sulfide) groups is 1. The first-order chi connectivity index (χ1) is 14.5. The highest BCUT2D eigenvalue weighted by atomic mass is 32.2. The van der Waals surface area contributed by atoms with Gasteiger partial charge in [-0.05, 0) is 47.9 Å². The number of Topliss-reactive ketones (excluding diaryl/α,β-unsaturated/α-hetero) is 1. The van der Waals surface area contributed by atoms with Crippen molar-refractivity contribution in [2.75, 3.05) is 0 Å². The van der Waals surface area contributed by atoms with Crippen molar-refractivity contribution in [1.29, 1.82) is 5.41 Å². The van der Waals surface area contributed by atoms with E-state index >= 15 is 0 Å². The van der Waals surface area contributed by atoms with E-state index in [-0.39, 0.29) is 23.3 Å². The van der Waals surface area contributed by atoms with Gasteiger partial charge in [0.25, 0.3) is 0 Å². The molecule has 0 bridgehead atoms. The molecule has 3 aromatic rings. The maximum absolute atomic E-state index is 13.2. The molecule has 30 heavy (non-hydrogen) atoms. The van der Waals surface area contributed by atoms with E-state index in [4.69, 9.17) is 10.1 Å². The van der Waals surface area contributed by atoms with Crippen LogP contribution in [0, 0.1) is 11.2 Å². The topological polar surface area (TPSA) is 75.9 Å². The van der Waals surface area contributed by atoms with Crippen LogP contribution in [-0.4, -0.2) is 21.0 Å². The van der Waals surface area contributed by atoms with Crippen molar-refractivity contribution in [1.82, 2.24) is 10.2 Å². The van der Waals surface area contributed by atoms with Gasteiger partial charge < -0.3 is 4.74 Å². The Morgan fingerprint density at radius 2 is 2.00 bits per heavy atom. The molecule has 1 N–H and O–H groups in total. The number of rotatable bonds is 6. The van der Waals surface area contributed by atoms with Crippen LogP contribution in [0.15, 0.2) is 53.4 Å². The van der Waals surface area contributed by atoms with Crippen molar-refractivity contribution in [2.24, 2.45) is 0 Å². The average Bonchev–Trinajstić information content (AvgIpc) is 3.31. The highest BCUT2D eigenvalue weighted by Gasteiger charge is 2.39. The predicted molar refractivity (Wildman–Crippen MR) is 118 cm³/mol. The van der Waals surface area contributed by atoms with Gasteiger partial charge in [-0.1, -0.05) is 43.0 Å². The molecule has 0 saturated carbocycles. The van der Waals surface area contributed by atoms with Gasteiger partial charge in [0, 0.05) is 0 Å². The van der Waals surface area contributed by atoms with Gasteiger partial charge in [-0.2, -0.15) is 0 Å². The van der Waals surface area contributed by atoms with Crippen LogP contribution in [0.1, 0.15) is 34.0 Å². The Kier molecular flexibility index (Phi) is 6.06. The molecule has 0 unspecified atom stereocenters. The lowest BCUT2D eigenvalue weighted by atomic mass is 10.1. The Morgan fingerprint density at radius 1 is 1.20 bits per heavy atom. The monoisotopic (exact) mass is 439 g/mol. The molecular formula is C22H18FN3O2S2. The molecule has 5 nitrogen and oxygen atoms in total. The molecule has 0 aliphatic carbocycles. The first kappa shape index (κ1) is 20.4. The number of carbonyl (C=O) groups excluding carboxylic acids is 1. The number of aryl methyl sites for hydroxylation is 1. The van der Waals surface area contributed by atoms with Crippen molar-refractivity contribution in [2.45, 2.75) is 25.9 Å². The van der Waals surface area contributed by atoms with Crippen LogP contribution in [0.3, 0.4) is 0 Å². The van der Waals surface area contributed by atoms with Crippen LogP contribution >= 0.6 is 23.1 Å². The molecule has 4 rings (SSSR count). The molecule has 8 heteroatoms. The number of aromatic nitrogens is 2. The smallest absolute Gasteiger partial charge is 0.186 e. The fourth-order valence-corrected chi connectivity index (χ4v) is 4.90. The Morgan fingerprint density at radius 3 is 2.70 bits per heavy atom. The van der Waals surface area contributed by atoms with Crippen LogP contribution < -0.4 is 4.74 Å². The van der Waals surface area contributed by atoms with Crippen LogP contribution in [-0.2, 0) is 17.8 Å². The maximum atomic E-state index is 13.2. The van der Waals surface area contributed by atoms with E-state index in [1.165, 1.54) is 35.2 Å². The van der Waals surface area contributed by atoms with Crippen LogP contribution in [0.2, 0.25) is 0 Å². The number of hydrogen-bond donors (Lipinski definition) is 1. The zero-order valence-electron chi connectivity index (χ0n) is 16.1. The molecule has 1 fully saturated rings. The van der Waals surface area contributed by atoms with Crippen molar-refractivity contribution in [3.63, 3.8) is 0 Å². The van der Waals surface area contributed by atoms with Crippen LogP contribution in [0.4, 0.5) is 4.39 Å². The summed E-state index contributed by atoms with van der Waals surface area (Å²) in [7, 11) is 0. The summed E-state index contributed by atoms with van der Waals surface area (Å²) in [5.74, 6) is -0.401. The van der Waals surface area contributed by atoms with Gasteiger partial charge in [0.15, 0.2) is 5.78 Å². The van der Waals surface area contributed by atoms with Crippen LogP contribution in [0.25, 0.3) is 6.08 Å². The molecule has 1 aliphatic rings. The van der Waals surface area contributed by atoms with E-state index in [2.05, 4.69) is 10.2 Å². The highest BCUT2D eigenvalue weighted by Crippen LogP contribution is 2.41. The van der Waals surface area contributed by atoms with Gasteiger partial charge in [0.1, 0.15) is 34.1 Å². The summed E-state index contributed by atoms with van der Waals surface area (Å²) in [4.78, 5) is 13.3. The van der Waals surface area contributed by atoms with Gasteiger partial charge in [-0.3, -0.25) is 10.2 Å². The predicted octanol–water partition coefficient (Wildman–Crippen LogP) is 5.24. The fraction of sp³-hybridized carbons (Fsp3) is 0.182. The number of carbonyl (C=O) groups is 1. The fourth-order valence-electron chi connectivity index (χ4n) is 2.95. The summed E-state index contributed by atoms with van der Waals surface area (Å²) in [6, 6.07) is 13.6. The van der Waals surface area contributed by atoms with E-state index in [0.717, 1.165) is 22.6 Å². The summed E-state index contributed by atoms with van der Waals surface area (Å²) in [5.41, 5.74) is 1.59. The summed E-state index contributed by atoms with van der Waals surface area (Å²) in [6.07, 6.45) is 2.54. The van der Waals surface area contributed by atoms with Gasteiger partial charge in [0.2, 0.25) is 0 Å². The number of hydrogen-bond acceptors (Lipinski definition) is 7. The minimum Gasteiger partial charge on any atom is -0.489 e. The second-order valence-corrected chi connectivity index (χ2v) is 8.82. The molecule has 1 aromatic heterocycles. The van der Waals surface area contributed by atoms with E-state index in [0.29, 0.717) is 15.7 Å². The zero-order valence-corrected chi connectivity index (χ0v) is 17.7. The summed E-state index contributed by atoms with van der Waals surface area (Å²) in [5, 5.41) is 18.1. The van der Waals surface area contributed by atoms with Gasteiger partial charge >= 0.3 is 0 Å². The number of benzene rings is 2. The number of nitrogens with zero attached hydrogens (tertiary/aromatic N) is 2. The molecule has 152 valence electrons. The lowest BCUT2D eigenvalue weighted by molar-refractivity contribution is -0.114. The molecule has 2 heterocycles. The molecule has 1 atom stereocenters. The van der Waals surface area contributed by atoms with E-state index in [1.807, 2.05) is 19.1 Å². The van der Waals surface area contributed by atoms with Crippen molar-refractivity contribution < 1.29 is 13.9 Å². The molecule has 2 aromatic carbocycles.